The molecule has 3 rings (SSSR count). The van der Waals surface area contributed by atoms with Crippen LogP contribution in [0.1, 0.15) is 16.7 Å². The van der Waals surface area contributed by atoms with Gasteiger partial charge in [-0.3, -0.25) is 0 Å². The number of ether oxygens (including phenoxy) is 2. The van der Waals surface area contributed by atoms with E-state index in [4.69, 9.17) is 9.47 Å². The SMILES string of the molecule is COc1ccc(CNc2cc(F)c(C)c(Br)c2OCc2ccccc2)cc1. The number of hydrogen-bond donors (Lipinski definition) is 1. The van der Waals surface area contributed by atoms with Gasteiger partial charge in [-0.1, -0.05) is 42.5 Å². The zero-order valence-electron chi connectivity index (χ0n) is 15.3. The maximum Gasteiger partial charge on any atom is 0.157 e. The molecular weight excluding hydrogens is 409 g/mol. The summed E-state index contributed by atoms with van der Waals surface area (Å²) in [5, 5.41) is 3.28. The van der Waals surface area contributed by atoms with E-state index in [0.29, 0.717) is 34.6 Å². The maximum absolute atomic E-state index is 14.3. The Morgan fingerprint density at radius 1 is 1.00 bits per heavy atom. The van der Waals surface area contributed by atoms with E-state index in [2.05, 4.69) is 21.2 Å². The summed E-state index contributed by atoms with van der Waals surface area (Å²) in [5.41, 5.74) is 3.24. The van der Waals surface area contributed by atoms with E-state index in [1.807, 2.05) is 54.6 Å². The van der Waals surface area contributed by atoms with Crippen molar-refractivity contribution in [1.82, 2.24) is 0 Å². The van der Waals surface area contributed by atoms with Gasteiger partial charge in [-0.2, -0.15) is 0 Å². The first-order chi connectivity index (χ1) is 13.1. The van der Waals surface area contributed by atoms with E-state index in [9.17, 15) is 4.39 Å². The quantitative estimate of drug-likeness (QED) is 0.492. The van der Waals surface area contributed by atoms with E-state index < -0.39 is 0 Å². The smallest absolute Gasteiger partial charge is 0.157 e. The van der Waals surface area contributed by atoms with Crippen molar-refractivity contribution < 1.29 is 13.9 Å². The van der Waals surface area contributed by atoms with Gasteiger partial charge in [0.05, 0.1) is 17.3 Å². The average molecular weight is 430 g/mol. The van der Waals surface area contributed by atoms with Crippen molar-refractivity contribution in [3.05, 3.63) is 87.6 Å². The Kier molecular flexibility index (Phi) is 6.35. The molecule has 0 saturated heterocycles. The van der Waals surface area contributed by atoms with Crippen LogP contribution in [0.5, 0.6) is 11.5 Å². The summed E-state index contributed by atoms with van der Waals surface area (Å²) in [7, 11) is 1.64. The molecule has 0 saturated carbocycles. The van der Waals surface area contributed by atoms with Crippen LogP contribution in [0.2, 0.25) is 0 Å². The molecule has 1 N–H and O–H groups in total. The zero-order valence-corrected chi connectivity index (χ0v) is 16.8. The fourth-order valence-electron chi connectivity index (χ4n) is 2.64. The average Bonchev–Trinajstić information content (AvgIpc) is 2.71. The lowest BCUT2D eigenvalue weighted by Gasteiger charge is -2.17. The van der Waals surface area contributed by atoms with Gasteiger partial charge in [0.25, 0.3) is 0 Å². The van der Waals surface area contributed by atoms with Crippen molar-refractivity contribution in [2.45, 2.75) is 20.1 Å². The Morgan fingerprint density at radius 3 is 2.37 bits per heavy atom. The van der Waals surface area contributed by atoms with E-state index in [0.717, 1.165) is 16.9 Å². The number of hydrogen-bond acceptors (Lipinski definition) is 3. The Hall–Kier alpha value is -2.53. The Morgan fingerprint density at radius 2 is 1.70 bits per heavy atom. The third-order valence-corrected chi connectivity index (χ3v) is 5.23. The van der Waals surface area contributed by atoms with Gasteiger partial charge in [-0.25, -0.2) is 4.39 Å². The molecule has 0 fully saturated rings. The zero-order chi connectivity index (χ0) is 19.2. The van der Waals surface area contributed by atoms with Gasteiger partial charge < -0.3 is 14.8 Å². The van der Waals surface area contributed by atoms with E-state index in [1.165, 1.54) is 6.07 Å². The summed E-state index contributed by atoms with van der Waals surface area (Å²) in [6, 6.07) is 19.1. The standard InChI is InChI=1S/C22H21BrFNO2/c1-15-19(24)12-20(25-13-16-8-10-18(26-2)11-9-16)22(21(15)23)27-14-17-6-4-3-5-7-17/h3-12,25H,13-14H2,1-2H3. The lowest BCUT2D eigenvalue weighted by atomic mass is 10.1. The third kappa shape index (κ3) is 4.80. The lowest BCUT2D eigenvalue weighted by molar-refractivity contribution is 0.305. The van der Waals surface area contributed by atoms with Crippen LogP contribution in [-0.2, 0) is 13.2 Å². The second-order valence-electron chi connectivity index (χ2n) is 6.15. The topological polar surface area (TPSA) is 30.5 Å². The van der Waals surface area contributed by atoms with Crippen LogP contribution in [-0.4, -0.2) is 7.11 Å². The van der Waals surface area contributed by atoms with Crippen LogP contribution < -0.4 is 14.8 Å². The van der Waals surface area contributed by atoms with Crippen LogP contribution in [0.3, 0.4) is 0 Å². The molecule has 0 spiro atoms. The molecular formula is C22H21BrFNO2. The molecule has 140 valence electrons. The first-order valence-electron chi connectivity index (χ1n) is 8.60. The van der Waals surface area contributed by atoms with Crippen LogP contribution in [0.25, 0.3) is 0 Å². The summed E-state index contributed by atoms with van der Waals surface area (Å²) in [6.07, 6.45) is 0. The normalized spacial score (nSPS) is 10.5. The number of rotatable bonds is 7. The van der Waals surface area contributed by atoms with Gasteiger partial charge in [0, 0.05) is 18.2 Å². The molecule has 0 unspecified atom stereocenters. The second kappa shape index (κ2) is 8.91. The molecule has 27 heavy (non-hydrogen) atoms. The summed E-state index contributed by atoms with van der Waals surface area (Å²) in [6.45, 7) is 2.67. The highest BCUT2D eigenvalue weighted by Crippen LogP contribution is 2.38. The molecule has 3 nitrogen and oxygen atoms in total. The highest BCUT2D eigenvalue weighted by Gasteiger charge is 2.15. The van der Waals surface area contributed by atoms with Gasteiger partial charge in [0.15, 0.2) is 5.75 Å². The Bertz CT molecular complexity index is 898. The van der Waals surface area contributed by atoms with Crippen molar-refractivity contribution in [3.8, 4) is 11.5 Å². The molecule has 0 aliphatic heterocycles. The molecule has 0 atom stereocenters. The summed E-state index contributed by atoms with van der Waals surface area (Å²) >= 11 is 3.48. The fourth-order valence-corrected chi connectivity index (χ4v) is 3.15. The van der Waals surface area contributed by atoms with Crippen molar-refractivity contribution in [1.29, 1.82) is 0 Å². The first kappa shape index (κ1) is 19.2. The molecule has 0 aromatic heterocycles. The first-order valence-corrected chi connectivity index (χ1v) is 9.40. The minimum absolute atomic E-state index is 0.286. The number of benzene rings is 3. The number of nitrogens with one attached hydrogen (secondary N) is 1. The van der Waals surface area contributed by atoms with Gasteiger partial charge >= 0.3 is 0 Å². The van der Waals surface area contributed by atoms with Crippen molar-refractivity contribution in [3.63, 3.8) is 0 Å². The van der Waals surface area contributed by atoms with Crippen LogP contribution in [0, 0.1) is 12.7 Å². The summed E-state index contributed by atoms with van der Waals surface area (Å²) < 4.78 is 26.1. The molecule has 0 aliphatic rings. The summed E-state index contributed by atoms with van der Waals surface area (Å²) in [4.78, 5) is 0. The number of anilines is 1. The molecule has 0 heterocycles. The lowest BCUT2D eigenvalue weighted by Crippen LogP contribution is -2.05. The molecule has 3 aromatic rings. The Labute approximate surface area is 167 Å². The van der Waals surface area contributed by atoms with Crippen molar-refractivity contribution in [2.75, 3.05) is 12.4 Å². The van der Waals surface area contributed by atoms with Gasteiger partial charge in [0.2, 0.25) is 0 Å². The molecule has 5 heteroatoms. The van der Waals surface area contributed by atoms with E-state index in [-0.39, 0.29) is 5.82 Å². The maximum atomic E-state index is 14.3. The second-order valence-corrected chi connectivity index (χ2v) is 6.94. The Balaban J connectivity index is 1.79. The predicted molar refractivity (Wildman–Crippen MR) is 110 cm³/mol. The summed E-state index contributed by atoms with van der Waals surface area (Å²) in [5.74, 6) is 1.12. The van der Waals surface area contributed by atoms with Gasteiger partial charge in [-0.15, -0.1) is 0 Å². The van der Waals surface area contributed by atoms with E-state index >= 15 is 0 Å². The van der Waals surface area contributed by atoms with Crippen molar-refractivity contribution >= 4 is 21.6 Å². The predicted octanol–water partition coefficient (Wildman–Crippen LogP) is 6.10. The molecule has 0 bridgehead atoms. The molecule has 3 aromatic carbocycles. The minimum atomic E-state index is -0.286. The van der Waals surface area contributed by atoms with Crippen LogP contribution >= 0.6 is 15.9 Å². The molecule has 0 radical (unpaired) electrons. The minimum Gasteiger partial charge on any atom is -0.497 e. The van der Waals surface area contributed by atoms with E-state index in [1.54, 1.807) is 14.0 Å². The number of halogens is 2. The van der Waals surface area contributed by atoms with Crippen LogP contribution in [0.4, 0.5) is 10.1 Å². The molecule has 0 aliphatic carbocycles. The van der Waals surface area contributed by atoms with Gasteiger partial charge in [-0.05, 0) is 46.1 Å². The van der Waals surface area contributed by atoms with Crippen molar-refractivity contribution in [2.24, 2.45) is 0 Å². The van der Waals surface area contributed by atoms with Gasteiger partial charge in [0.1, 0.15) is 18.2 Å². The fraction of sp³-hybridized carbons (Fsp3) is 0.182. The highest BCUT2D eigenvalue weighted by atomic mass is 79.9. The monoisotopic (exact) mass is 429 g/mol. The third-order valence-electron chi connectivity index (χ3n) is 4.27. The number of methoxy groups -OCH3 is 1. The molecule has 0 amide bonds. The highest BCUT2D eigenvalue weighted by molar-refractivity contribution is 9.10. The largest absolute Gasteiger partial charge is 0.497 e. The van der Waals surface area contributed by atoms with Crippen LogP contribution in [0.15, 0.2) is 65.1 Å².